The van der Waals surface area contributed by atoms with Gasteiger partial charge in [-0.3, -0.25) is 13.9 Å². The summed E-state index contributed by atoms with van der Waals surface area (Å²) in [5.41, 5.74) is 2.28. The van der Waals surface area contributed by atoms with Crippen molar-refractivity contribution in [2.45, 2.75) is 44.7 Å². The van der Waals surface area contributed by atoms with Gasteiger partial charge in [0.25, 0.3) is 10.0 Å². The maximum atomic E-state index is 14.6. The summed E-state index contributed by atoms with van der Waals surface area (Å²) in [6.07, 6.45) is 0.162. The van der Waals surface area contributed by atoms with Crippen molar-refractivity contribution in [3.8, 4) is 0 Å². The number of halogens is 4. The van der Waals surface area contributed by atoms with E-state index in [9.17, 15) is 18.0 Å². The second-order valence-corrected chi connectivity index (χ2v) is 15.1. The van der Waals surface area contributed by atoms with Crippen LogP contribution in [0.4, 0.5) is 5.69 Å². The molecule has 248 valence electrons. The van der Waals surface area contributed by atoms with E-state index >= 15 is 0 Å². The largest absolute Gasteiger partial charge is 0.354 e. The molecule has 0 aromatic heterocycles. The van der Waals surface area contributed by atoms with Crippen molar-refractivity contribution < 1.29 is 18.0 Å². The number of aryl methyl sites for hydroxylation is 1. The maximum absolute atomic E-state index is 14.6. The Morgan fingerprint density at radius 1 is 0.809 bits per heavy atom. The van der Waals surface area contributed by atoms with Gasteiger partial charge in [-0.2, -0.15) is 0 Å². The van der Waals surface area contributed by atoms with Gasteiger partial charge < -0.3 is 10.2 Å². The number of benzene rings is 4. The molecule has 1 N–H and O–H groups in total. The van der Waals surface area contributed by atoms with Crippen molar-refractivity contribution in [3.63, 3.8) is 0 Å². The van der Waals surface area contributed by atoms with Crippen LogP contribution in [0.1, 0.15) is 30.5 Å². The molecule has 12 heteroatoms. The minimum Gasteiger partial charge on any atom is -0.354 e. The molecule has 0 fully saturated rings. The lowest BCUT2D eigenvalue weighted by molar-refractivity contribution is -0.140. The predicted octanol–water partition coefficient (Wildman–Crippen LogP) is 8.22. The lowest BCUT2D eigenvalue weighted by Crippen LogP contribution is -2.53. The molecule has 0 aliphatic rings. The monoisotopic (exact) mass is 733 g/mol. The SMILES string of the molecule is Cc1ccc(S(=O)(=O)N(CC(=O)N(Cc2ccc(Cl)cc2Cl)[C@@H](Cc2ccccc2)C(=O)NCC(C)C)c2cc(Cl)cc(Cl)c2)cc1. The van der Waals surface area contributed by atoms with E-state index < -0.39 is 28.5 Å². The van der Waals surface area contributed by atoms with Gasteiger partial charge in [-0.1, -0.05) is 114 Å². The minimum atomic E-state index is -4.32. The van der Waals surface area contributed by atoms with Crippen molar-refractivity contribution >= 4 is 73.9 Å². The molecule has 0 bridgehead atoms. The second kappa shape index (κ2) is 16.2. The summed E-state index contributed by atoms with van der Waals surface area (Å²) in [7, 11) is -4.32. The highest BCUT2D eigenvalue weighted by Gasteiger charge is 2.35. The molecule has 47 heavy (non-hydrogen) atoms. The molecule has 2 amide bonds. The highest BCUT2D eigenvalue weighted by Crippen LogP contribution is 2.31. The van der Waals surface area contributed by atoms with Gasteiger partial charge in [-0.15, -0.1) is 0 Å². The molecule has 1 atom stereocenters. The molecule has 4 aromatic rings. The number of nitrogens with zero attached hydrogens (tertiary/aromatic N) is 2. The number of carbonyl (C=O) groups excluding carboxylic acids is 2. The first-order valence-corrected chi connectivity index (χ1v) is 17.8. The van der Waals surface area contributed by atoms with Crippen LogP contribution >= 0.6 is 46.4 Å². The van der Waals surface area contributed by atoms with Gasteiger partial charge >= 0.3 is 0 Å². The van der Waals surface area contributed by atoms with Crippen molar-refractivity contribution in [2.75, 3.05) is 17.4 Å². The van der Waals surface area contributed by atoms with E-state index in [0.717, 1.165) is 15.4 Å². The first-order valence-electron chi connectivity index (χ1n) is 14.8. The molecule has 0 unspecified atom stereocenters. The smallest absolute Gasteiger partial charge is 0.264 e. The predicted molar refractivity (Wildman–Crippen MR) is 191 cm³/mol. The fourth-order valence-corrected chi connectivity index (χ4v) is 7.24. The third kappa shape index (κ3) is 9.87. The van der Waals surface area contributed by atoms with Crippen LogP contribution in [-0.4, -0.2) is 44.3 Å². The number of rotatable bonds is 13. The van der Waals surface area contributed by atoms with Gasteiger partial charge in [-0.05, 0) is 66.4 Å². The number of carbonyl (C=O) groups is 2. The number of anilines is 1. The standard InChI is InChI=1S/C35H35Cl4N3O4S/c1-23(2)20-40-35(44)33(15-25-7-5-4-6-8-25)41(21-26-11-12-27(36)19-32(26)39)34(43)22-42(30-17-28(37)16-29(38)18-30)47(45,46)31-13-9-24(3)10-14-31/h4-14,16-19,23,33H,15,20-22H2,1-3H3,(H,40,44)/t33-/m0/s1. The van der Waals surface area contributed by atoms with E-state index in [1.165, 1.54) is 35.2 Å². The molecule has 0 saturated carbocycles. The normalized spacial score (nSPS) is 12.1. The molecular weight excluding hydrogens is 700 g/mol. The number of hydrogen-bond donors (Lipinski definition) is 1. The van der Waals surface area contributed by atoms with Gasteiger partial charge in [0.15, 0.2) is 0 Å². The molecule has 0 radical (unpaired) electrons. The van der Waals surface area contributed by atoms with Gasteiger partial charge in [0.05, 0.1) is 10.6 Å². The Kier molecular flexibility index (Phi) is 12.6. The van der Waals surface area contributed by atoms with Crippen molar-refractivity contribution in [3.05, 3.63) is 128 Å². The lowest BCUT2D eigenvalue weighted by atomic mass is 10.0. The molecule has 4 rings (SSSR count). The average molecular weight is 736 g/mol. The second-order valence-electron chi connectivity index (χ2n) is 11.6. The minimum absolute atomic E-state index is 0.0326. The first-order chi connectivity index (χ1) is 22.2. The molecule has 0 heterocycles. The topological polar surface area (TPSA) is 86.8 Å². The van der Waals surface area contributed by atoms with Gasteiger partial charge in [0.1, 0.15) is 12.6 Å². The molecular formula is C35H35Cl4N3O4S. The molecule has 0 saturated heterocycles. The third-order valence-corrected chi connectivity index (χ3v) is 10.1. The summed E-state index contributed by atoms with van der Waals surface area (Å²) in [5, 5.41) is 4.02. The Morgan fingerprint density at radius 3 is 2.04 bits per heavy atom. The third-order valence-electron chi connectivity index (χ3n) is 7.33. The quantitative estimate of drug-likeness (QED) is 0.150. The summed E-state index contributed by atoms with van der Waals surface area (Å²) in [4.78, 5) is 29.8. The Balaban J connectivity index is 1.84. The van der Waals surface area contributed by atoms with E-state index in [1.807, 2.05) is 51.1 Å². The zero-order chi connectivity index (χ0) is 34.3. The van der Waals surface area contributed by atoms with Gasteiger partial charge in [0.2, 0.25) is 11.8 Å². The van der Waals surface area contributed by atoms with E-state index in [2.05, 4.69) is 5.32 Å². The Labute approximate surface area is 296 Å². The summed E-state index contributed by atoms with van der Waals surface area (Å²) >= 11 is 25.4. The Bertz CT molecular complexity index is 1800. The van der Waals surface area contributed by atoms with Crippen LogP contribution in [0.25, 0.3) is 0 Å². The van der Waals surface area contributed by atoms with Gasteiger partial charge in [-0.25, -0.2) is 8.42 Å². The molecule has 0 aliphatic carbocycles. The average Bonchev–Trinajstić information content (AvgIpc) is 3.01. The highest BCUT2D eigenvalue weighted by molar-refractivity contribution is 7.92. The van der Waals surface area contributed by atoms with E-state index in [0.29, 0.717) is 22.2 Å². The summed E-state index contributed by atoms with van der Waals surface area (Å²) < 4.78 is 29.4. The fraction of sp³-hybridized carbons (Fsp3) is 0.257. The molecule has 4 aromatic carbocycles. The van der Waals surface area contributed by atoms with E-state index in [1.54, 1.807) is 30.3 Å². The summed E-state index contributed by atoms with van der Waals surface area (Å²) in [6, 6.07) is 23.7. The zero-order valence-corrected chi connectivity index (χ0v) is 29.9. The molecule has 0 spiro atoms. The Hall–Kier alpha value is -3.27. The highest BCUT2D eigenvalue weighted by atomic mass is 35.5. The first kappa shape index (κ1) is 36.6. The number of sulfonamides is 1. The fourth-order valence-electron chi connectivity index (χ4n) is 4.86. The number of hydrogen-bond acceptors (Lipinski definition) is 4. The van der Waals surface area contributed by atoms with Crippen molar-refractivity contribution in [1.29, 1.82) is 0 Å². The van der Waals surface area contributed by atoms with Crippen LogP contribution in [0.5, 0.6) is 0 Å². The molecule has 0 aliphatic heterocycles. The zero-order valence-electron chi connectivity index (χ0n) is 26.1. The lowest BCUT2D eigenvalue weighted by Gasteiger charge is -2.34. The van der Waals surface area contributed by atoms with E-state index in [-0.39, 0.29) is 45.4 Å². The van der Waals surface area contributed by atoms with Gasteiger partial charge in [0, 0.05) is 39.6 Å². The van der Waals surface area contributed by atoms with Crippen LogP contribution in [-0.2, 0) is 32.6 Å². The van der Waals surface area contributed by atoms with Crippen LogP contribution in [0, 0.1) is 12.8 Å². The Morgan fingerprint density at radius 2 is 1.45 bits per heavy atom. The van der Waals surface area contributed by atoms with Crippen LogP contribution in [0.15, 0.2) is 95.9 Å². The van der Waals surface area contributed by atoms with Crippen LogP contribution in [0.3, 0.4) is 0 Å². The summed E-state index contributed by atoms with van der Waals surface area (Å²) in [5.74, 6) is -0.892. The summed E-state index contributed by atoms with van der Waals surface area (Å²) in [6.45, 7) is 5.38. The van der Waals surface area contributed by atoms with Crippen molar-refractivity contribution in [1.82, 2.24) is 10.2 Å². The maximum Gasteiger partial charge on any atom is 0.264 e. The van der Waals surface area contributed by atoms with Crippen molar-refractivity contribution in [2.24, 2.45) is 5.92 Å². The number of nitrogens with one attached hydrogen (secondary N) is 1. The van der Waals surface area contributed by atoms with Crippen LogP contribution < -0.4 is 9.62 Å². The van der Waals surface area contributed by atoms with Crippen LogP contribution in [0.2, 0.25) is 20.1 Å². The van der Waals surface area contributed by atoms with E-state index in [4.69, 9.17) is 46.4 Å². The molecule has 7 nitrogen and oxygen atoms in total. The number of amides is 2.